The fourth-order valence-electron chi connectivity index (χ4n) is 1.20. The van der Waals surface area contributed by atoms with Crippen LogP contribution in [0.1, 0.15) is 13.3 Å². The Kier molecular flexibility index (Phi) is 2.11. The highest BCUT2D eigenvalue weighted by atomic mass is 14.5. The van der Waals surface area contributed by atoms with Crippen LogP contribution in [0, 0.1) is 16.7 Å². The molecule has 0 spiro atoms. The second-order valence-electron chi connectivity index (χ2n) is 3.09. The van der Waals surface area contributed by atoms with Gasteiger partial charge in [-0.15, -0.1) is 0 Å². The third kappa shape index (κ3) is 1.69. The van der Waals surface area contributed by atoms with Gasteiger partial charge in [-0.2, -0.15) is 5.26 Å². The van der Waals surface area contributed by atoms with E-state index in [1.54, 1.807) is 0 Å². The number of allylic oxidation sites excluding steroid dienone is 3. The number of nitrogens with zero attached hydrogens (tertiary/aromatic N) is 1. The normalized spacial score (nSPS) is 29.4. The van der Waals surface area contributed by atoms with Crippen LogP contribution in [0.5, 0.6) is 0 Å². The first-order valence-corrected chi connectivity index (χ1v) is 3.69. The monoisotopic (exact) mass is 148 g/mol. The van der Waals surface area contributed by atoms with Crippen molar-refractivity contribution < 1.29 is 0 Å². The Hall–Kier alpha value is -1.07. The molecule has 0 saturated heterocycles. The Labute approximate surface area is 67.0 Å². The summed E-state index contributed by atoms with van der Waals surface area (Å²) < 4.78 is 0. The molecule has 11 heavy (non-hydrogen) atoms. The highest BCUT2D eigenvalue weighted by Gasteiger charge is 2.23. The van der Waals surface area contributed by atoms with Gasteiger partial charge < -0.3 is 5.73 Å². The number of nitrogens with two attached hydrogens (primary N) is 1. The van der Waals surface area contributed by atoms with Crippen LogP contribution in [0.25, 0.3) is 0 Å². The fourth-order valence-corrected chi connectivity index (χ4v) is 1.20. The van der Waals surface area contributed by atoms with E-state index >= 15 is 0 Å². The molecule has 2 nitrogen and oxygen atoms in total. The lowest BCUT2D eigenvalue weighted by Gasteiger charge is -2.21. The minimum Gasteiger partial charge on any atom is -0.327 e. The summed E-state index contributed by atoms with van der Waals surface area (Å²) in [5, 5.41) is 8.79. The molecule has 1 atom stereocenters. The van der Waals surface area contributed by atoms with Crippen molar-refractivity contribution in [1.82, 2.24) is 0 Å². The van der Waals surface area contributed by atoms with Gasteiger partial charge in [-0.1, -0.05) is 23.8 Å². The molecule has 0 aromatic carbocycles. The Bertz CT molecular complexity index is 245. The maximum Gasteiger partial charge on any atom is 0.0766 e. The molecule has 0 amide bonds. The van der Waals surface area contributed by atoms with Gasteiger partial charge in [-0.05, 0) is 13.3 Å². The van der Waals surface area contributed by atoms with Crippen molar-refractivity contribution in [3.63, 3.8) is 0 Å². The van der Waals surface area contributed by atoms with Crippen LogP contribution < -0.4 is 5.73 Å². The molecule has 0 saturated carbocycles. The zero-order valence-electron chi connectivity index (χ0n) is 6.67. The summed E-state index contributed by atoms with van der Waals surface area (Å²) in [7, 11) is 0. The van der Waals surface area contributed by atoms with Crippen molar-refractivity contribution in [2.45, 2.75) is 13.3 Å². The summed E-state index contributed by atoms with van der Waals surface area (Å²) in [5.74, 6) is 0. The van der Waals surface area contributed by atoms with E-state index in [4.69, 9.17) is 11.0 Å². The molecule has 0 fully saturated rings. The largest absolute Gasteiger partial charge is 0.327 e. The Balaban J connectivity index is 2.78. The number of hydrogen-bond donors (Lipinski definition) is 1. The van der Waals surface area contributed by atoms with E-state index in [1.165, 1.54) is 0 Å². The van der Waals surface area contributed by atoms with Crippen LogP contribution in [-0.2, 0) is 0 Å². The van der Waals surface area contributed by atoms with E-state index < -0.39 is 0 Å². The fraction of sp³-hybridized carbons (Fsp3) is 0.444. The van der Waals surface area contributed by atoms with Gasteiger partial charge in [0, 0.05) is 6.54 Å². The summed E-state index contributed by atoms with van der Waals surface area (Å²) in [6, 6.07) is 2.26. The summed E-state index contributed by atoms with van der Waals surface area (Å²) in [4.78, 5) is 0. The summed E-state index contributed by atoms with van der Waals surface area (Å²) in [6.07, 6.45) is 6.59. The predicted octanol–water partition coefficient (Wildman–Crippen LogP) is 1.36. The molecule has 1 rings (SSSR count). The molecule has 0 aromatic heterocycles. The number of nitriles is 1. The van der Waals surface area contributed by atoms with Crippen LogP contribution in [-0.4, -0.2) is 6.54 Å². The van der Waals surface area contributed by atoms with Crippen molar-refractivity contribution in [2.24, 2.45) is 11.1 Å². The van der Waals surface area contributed by atoms with Crippen molar-refractivity contribution in [1.29, 1.82) is 5.26 Å². The standard InChI is InChI=1S/C9H12N2/c1-9(7-11)4-2-3-8(5-9)6-10/h2-4H,5-6,10H2,1H3/t9-/m0/s1. The van der Waals surface area contributed by atoms with Crippen LogP contribution in [0.3, 0.4) is 0 Å². The lowest BCUT2D eigenvalue weighted by Crippen LogP contribution is -2.17. The molecule has 1 aliphatic rings. The first-order chi connectivity index (χ1) is 5.20. The first kappa shape index (κ1) is 8.03. The molecular formula is C9H12N2. The lowest BCUT2D eigenvalue weighted by atomic mass is 9.81. The van der Waals surface area contributed by atoms with Crippen LogP contribution in [0.4, 0.5) is 0 Å². The molecule has 0 heterocycles. The summed E-state index contributed by atoms with van der Waals surface area (Å²) in [6.45, 7) is 2.48. The second-order valence-corrected chi connectivity index (χ2v) is 3.09. The molecule has 0 radical (unpaired) electrons. The van der Waals surface area contributed by atoms with Crippen LogP contribution in [0.15, 0.2) is 23.8 Å². The van der Waals surface area contributed by atoms with E-state index in [-0.39, 0.29) is 5.41 Å². The Morgan fingerprint density at radius 3 is 3.09 bits per heavy atom. The van der Waals surface area contributed by atoms with Gasteiger partial charge in [-0.3, -0.25) is 0 Å². The molecule has 0 unspecified atom stereocenters. The molecule has 0 aromatic rings. The number of hydrogen-bond acceptors (Lipinski definition) is 2. The van der Waals surface area contributed by atoms with Crippen LogP contribution >= 0.6 is 0 Å². The van der Waals surface area contributed by atoms with E-state index in [0.717, 1.165) is 12.0 Å². The van der Waals surface area contributed by atoms with Gasteiger partial charge in [0.2, 0.25) is 0 Å². The van der Waals surface area contributed by atoms with E-state index in [0.29, 0.717) is 6.54 Å². The minimum absolute atomic E-state index is 0.330. The SMILES string of the molecule is C[C@]1(C#N)C=CC=C(CN)C1. The average molecular weight is 148 g/mol. The number of rotatable bonds is 1. The van der Waals surface area contributed by atoms with Gasteiger partial charge in [0.25, 0.3) is 0 Å². The van der Waals surface area contributed by atoms with E-state index in [2.05, 4.69) is 6.07 Å². The molecular weight excluding hydrogens is 136 g/mol. The smallest absolute Gasteiger partial charge is 0.0766 e. The van der Waals surface area contributed by atoms with Crippen LogP contribution in [0.2, 0.25) is 0 Å². The molecule has 58 valence electrons. The average Bonchev–Trinajstić information content (AvgIpc) is 2.05. The maximum atomic E-state index is 8.79. The van der Waals surface area contributed by atoms with Crippen molar-refractivity contribution >= 4 is 0 Å². The van der Waals surface area contributed by atoms with Gasteiger partial charge in [-0.25, -0.2) is 0 Å². The van der Waals surface area contributed by atoms with Gasteiger partial charge >= 0.3 is 0 Å². The van der Waals surface area contributed by atoms with E-state index in [9.17, 15) is 0 Å². The van der Waals surface area contributed by atoms with Gasteiger partial charge in [0.1, 0.15) is 0 Å². The highest BCUT2D eigenvalue weighted by Crippen LogP contribution is 2.29. The molecule has 0 bridgehead atoms. The molecule has 1 aliphatic carbocycles. The zero-order chi connectivity index (χ0) is 8.32. The Morgan fingerprint density at radius 2 is 2.55 bits per heavy atom. The van der Waals surface area contributed by atoms with Crippen molar-refractivity contribution in [3.05, 3.63) is 23.8 Å². The van der Waals surface area contributed by atoms with Crippen molar-refractivity contribution in [3.8, 4) is 6.07 Å². The second kappa shape index (κ2) is 2.89. The summed E-state index contributed by atoms with van der Waals surface area (Å²) in [5.41, 5.74) is 6.29. The molecule has 2 N–H and O–H groups in total. The van der Waals surface area contributed by atoms with Crippen molar-refractivity contribution in [2.75, 3.05) is 6.54 Å². The lowest BCUT2D eigenvalue weighted by molar-refractivity contribution is 0.550. The third-order valence-electron chi connectivity index (χ3n) is 1.91. The predicted molar refractivity (Wildman–Crippen MR) is 44.6 cm³/mol. The Morgan fingerprint density at radius 1 is 1.82 bits per heavy atom. The summed E-state index contributed by atoms with van der Waals surface area (Å²) >= 11 is 0. The zero-order valence-corrected chi connectivity index (χ0v) is 6.67. The van der Waals surface area contributed by atoms with Gasteiger partial charge in [0.15, 0.2) is 0 Å². The first-order valence-electron chi connectivity index (χ1n) is 3.69. The van der Waals surface area contributed by atoms with E-state index in [1.807, 2.05) is 25.2 Å². The minimum atomic E-state index is -0.330. The molecule has 2 heteroatoms. The van der Waals surface area contributed by atoms with Gasteiger partial charge in [0.05, 0.1) is 11.5 Å². The molecule has 0 aliphatic heterocycles. The third-order valence-corrected chi connectivity index (χ3v) is 1.91. The highest BCUT2D eigenvalue weighted by molar-refractivity contribution is 5.28. The topological polar surface area (TPSA) is 49.8 Å². The maximum absolute atomic E-state index is 8.79. The quantitative estimate of drug-likeness (QED) is 0.610.